The summed E-state index contributed by atoms with van der Waals surface area (Å²) >= 11 is 0. The van der Waals surface area contributed by atoms with Crippen molar-refractivity contribution in [3.05, 3.63) is 0 Å². The van der Waals surface area contributed by atoms with Gasteiger partial charge in [0.15, 0.2) is 5.84 Å². The molecule has 102 valence electrons. The normalized spacial score (nSPS) is 22.6. The zero-order valence-electron chi connectivity index (χ0n) is 10.7. The number of nitrogens with one attached hydrogen (secondary N) is 1. The molecule has 1 rings (SSSR count). The monoisotopic (exact) mass is 256 g/mol. The number of piperazine rings is 1. The predicted molar refractivity (Wildman–Crippen MR) is 66.0 cm³/mol. The van der Waals surface area contributed by atoms with Crippen LogP contribution in [0.1, 0.15) is 26.7 Å². The summed E-state index contributed by atoms with van der Waals surface area (Å²) in [5.41, 5.74) is 5.51. The van der Waals surface area contributed by atoms with Crippen LogP contribution in [0.25, 0.3) is 0 Å². The van der Waals surface area contributed by atoms with Gasteiger partial charge in [0, 0.05) is 13.1 Å². The highest BCUT2D eigenvalue weighted by atomic mass is 16.4. The van der Waals surface area contributed by atoms with Gasteiger partial charge in [0.25, 0.3) is 0 Å². The van der Waals surface area contributed by atoms with E-state index in [1.54, 1.807) is 6.92 Å². The maximum atomic E-state index is 12.3. The largest absolute Gasteiger partial charge is 0.409 e. The summed E-state index contributed by atoms with van der Waals surface area (Å²) in [4.78, 5) is 25.5. The van der Waals surface area contributed by atoms with E-state index in [0.29, 0.717) is 25.9 Å². The van der Waals surface area contributed by atoms with E-state index >= 15 is 0 Å². The number of oxime groups is 1. The first kappa shape index (κ1) is 14.3. The van der Waals surface area contributed by atoms with E-state index in [1.165, 1.54) is 4.90 Å². The van der Waals surface area contributed by atoms with Crippen molar-refractivity contribution in [1.29, 1.82) is 0 Å². The molecule has 1 saturated heterocycles. The molecule has 1 heterocycles. The third kappa shape index (κ3) is 2.72. The van der Waals surface area contributed by atoms with Crippen molar-refractivity contribution in [2.45, 2.75) is 32.7 Å². The van der Waals surface area contributed by atoms with Gasteiger partial charge in [0.2, 0.25) is 11.8 Å². The standard InChI is InChI=1S/C11H20N4O3/c1-3-7(9(12)14-18)11(17)15-6-5-13-10(16)8(15)4-2/h7-8,18H,3-6H2,1-2H3,(H2,12,14)(H,13,16). The van der Waals surface area contributed by atoms with Gasteiger partial charge in [0.05, 0.1) is 5.92 Å². The van der Waals surface area contributed by atoms with Gasteiger partial charge in [-0.25, -0.2) is 0 Å². The van der Waals surface area contributed by atoms with Crippen molar-refractivity contribution in [3.63, 3.8) is 0 Å². The Morgan fingerprint density at radius 2 is 2.33 bits per heavy atom. The third-order valence-electron chi connectivity index (χ3n) is 3.18. The Morgan fingerprint density at radius 3 is 2.83 bits per heavy atom. The van der Waals surface area contributed by atoms with Crippen molar-refractivity contribution in [1.82, 2.24) is 10.2 Å². The Balaban J connectivity index is 2.89. The first-order chi connectivity index (χ1) is 8.56. The van der Waals surface area contributed by atoms with Crippen LogP contribution in [-0.4, -0.2) is 46.9 Å². The highest BCUT2D eigenvalue weighted by Gasteiger charge is 2.35. The second-order valence-corrected chi connectivity index (χ2v) is 4.23. The van der Waals surface area contributed by atoms with Crippen LogP contribution in [0.5, 0.6) is 0 Å². The zero-order valence-corrected chi connectivity index (χ0v) is 10.7. The maximum absolute atomic E-state index is 12.3. The van der Waals surface area contributed by atoms with E-state index in [2.05, 4.69) is 10.5 Å². The van der Waals surface area contributed by atoms with E-state index in [0.717, 1.165) is 0 Å². The molecular weight excluding hydrogens is 236 g/mol. The summed E-state index contributed by atoms with van der Waals surface area (Å²) < 4.78 is 0. The highest BCUT2D eigenvalue weighted by Crippen LogP contribution is 2.15. The minimum absolute atomic E-state index is 0.108. The molecule has 0 aromatic carbocycles. The minimum Gasteiger partial charge on any atom is -0.409 e. The lowest BCUT2D eigenvalue weighted by Crippen LogP contribution is -2.59. The van der Waals surface area contributed by atoms with Gasteiger partial charge in [-0.15, -0.1) is 0 Å². The lowest BCUT2D eigenvalue weighted by Gasteiger charge is -2.36. The topological polar surface area (TPSA) is 108 Å². The summed E-state index contributed by atoms with van der Waals surface area (Å²) in [5, 5.41) is 14.3. The molecule has 0 bridgehead atoms. The van der Waals surface area contributed by atoms with E-state index in [4.69, 9.17) is 10.9 Å². The average molecular weight is 256 g/mol. The first-order valence-electron chi connectivity index (χ1n) is 6.12. The number of amidine groups is 1. The number of hydrogen-bond donors (Lipinski definition) is 3. The third-order valence-corrected chi connectivity index (χ3v) is 3.18. The molecule has 18 heavy (non-hydrogen) atoms. The van der Waals surface area contributed by atoms with Gasteiger partial charge in [-0.3, -0.25) is 9.59 Å². The van der Waals surface area contributed by atoms with E-state index in [9.17, 15) is 9.59 Å². The number of nitrogens with two attached hydrogens (primary N) is 1. The molecule has 1 aliphatic rings. The van der Waals surface area contributed by atoms with Crippen LogP contribution in [0, 0.1) is 5.92 Å². The van der Waals surface area contributed by atoms with Crippen LogP contribution < -0.4 is 11.1 Å². The van der Waals surface area contributed by atoms with Crippen LogP contribution in [0.4, 0.5) is 0 Å². The van der Waals surface area contributed by atoms with Crippen LogP contribution in [0.15, 0.2) is 5.16 Å². The van der Waals surface area contributed by atoms with Gasteiger partial charge < -0.3 is 21.2 Å². The molecular formula is C11H20N4O3. The lowest BCUT2D eigenvalue weighted by atomic mass is 10.0. The molecule has 1 fully saturated rings. The average Bonchev–Trinajstić information content (AvgIpc) is 2.38. The Kier molecular flexibility index (Phi) is 4.94. The summed E-state index contributed by atoms with van der Waals surface area (Å²) in [7, 11) is 0. The molecule has 0 aromatic heterocycles. The number of rotatable bonds is 4. The summed E-state index contributed by atoms with van der Waals surface area (Å²) in [6.07, 6.45) is 0.980. The van der Waals surface area contributed by atoms with Crippen LogP contribution >= 0.6 is 0 Å². The molecule has 0 aromatic rings. The number of nitrogens with zero attached hydrogens (tertiary/aromatic N) is 2. The smallest absolute Gasteiger partial charge is 0.242 e. The fourth-order valence-electron chi connectivity index (χ4n) is 2.16. The van der Waals surface area contributed by atoms with Gasteiger partial charge in [-0.2, -0.15) is 0 Å². The van der Waals surface area contributed by atoms with Gasteiger partial charge in [-0.05, 0) is 12.8 Å². The number of hydrogen-bond acceptors (Lipinski definition) is 4. The van der Waals surface area contributed by atoms with Crippen molar-refractivity contribution in [2.75, 3.05) is 13.1 Å². The Morgan fingerprint density at radius 1 is 1.67 bits per heavy atom. The van der Waals surface area contributed by atoms with E-state index < -0.39 is 12.0 Å². The van der Waals surface area contributed by atoms with Crippen molar-refractivity contribution >= 4 is 17.6 Å². The quantitative estimate of drug-likeness (QED) is 0.272. The van der Waals surface area contributed by atoms with Gasteiger partial charge in [-0.1, -0.05) is 19.0 Å². The molecule has 0 saturated carbocycles. The molecule has 0 radical (unpaired) electrons. The second kappa shape index (κ2) is 6.23. The molecule has 0 spiro atoms. The molecule has 2 amide bonds. The van der Waals surface area contributed by atoms with Crippen molar-refractivity contribution in [3.8, 4) is 0 Å². The molecule has 4 N–H and O–H groups in total. The summed E-state index contributed by atoms with van der Waals surface area (Å²) in [5.74, 6) is -1.18. The summed E-state index contributed by atoms with van der Waals surface area (Å²) in [6.45, 7) is 4.53. The number of carbonyl (C=O) groups is 2. The molecule has 2 unspecified atom stereocenters. The van der Waals surface area contributed by atoms with Crippen LogP contribution in [-0.2, 0) is 9.59 Å². The maximum Gasteiger partial charge on any atom is 0.242 e. The predicted octanol–water partition coefficient (Wildman–Crippen LogP) is -0.504. The molecule has 1 aliphatic heterocycles. The van der Waals surface area contributed by atoms with E-state index in [-0.39, 0.29) is 17.6 Å². The Bertz CT molecular complexity index is 356. The Labute approximate surface area is 106 Å². The molecule has 7 heteroatoms. The molecule has 2 atom stereocenters. The Hall–Kier alpha value is -1.79. The zero-order chi connectivity index (χ0) is 13.7. The van der Waals surface area contributed by atoms with Crippen LogP contribution in [0.2, 0.25) is 0 Å². The SMILES string of the molecule is CCC(C(=O)N1CCNC(=O)C1CC)C(N)=NO. The summed E-state index contributed by atoms with van der Waals surface area (Å²) in [6, 6.07) is -0.466. The van der Waals surface area contributed by atoms with Crippen molar-refractivity contribution in [2.24, 2.45) is 16.8 Å². The fourth-order valence-corrected chi connectivity index (χ4v) is 2.16. The van der Waals surface area contributed by atoms with Crippen molar-refractivity contribution < 1.29 is 14.8 Å². The second-order valence-electron chi connectivity index (χ2n) is 4.23. The fraction of sp³-hybridized carbons (Fsp3) is 0.727. The molecule has 7 nitrogen and oxygen atoms in total. The van der Waals surface area contributed by atoms with E-state index in [1.807, 2.05) is 6.92 Å². The highest BCUT2D eigenvalue weighted by molar-refractivity contribution is 6.03. The number of carbonyl (C=O) groups excluding carboxylic acids is 2. The molecule has 0 aliphatic carbocycles. The lowest BCUT2D eigenvalue weighted by molar-refractivity contribution is -0.144. The van der Waals surface area contributed by atoms with Crippen LogP contribution in [0.3, 0.4) is 0 Å². The first-order valence-corrected chi connectivity index (χ1v) is 6.12. The minimum atomic E-state index is -0.671. The van der Waals surface area contributed by atoms with Gasteiger partial charge >= 0.3 is 0 Å². The number of amides is 2. The van der Waals surface area contributed by atoms with Gasteiger partial charge in [0.1, 0.15) is 6.04 Å².